The molecule has 0 aliphatic carbocycles. The predicted octanol–water partition coefficient (Wildman–Crippen LogP) is 0.270. The molecular formula is C10H16ClN3O4S. The van der Waals surface area contributed by atoms with Crippen LogP contribution in [-0.2, 0) is 26.1 Å². The summed E-state index contributed by atoms with van der Waals surface area (Å²) in [7, 11) is -2.60. The van der Waals surface area contributed by atoms with Gasteiger partial charge in [-0.15, -0.1) is 11.6 Å². The fourth-order valence-corrected chi connectivity index (χ4v) is 2.71. The molecular weight excluding hydrogens is 294 g/mol. The molecule has 1 unspecified atom stereocenters. The van der Waals surface area contributed by atoms with E-state index in [0.29, 0.717) is 12.4 Å². The third-order valence-corrected chi connectivity index (χ3v) is 4.11. The first-order valence-electron chi connectivity index (χ1n) is 5.57. The van der Waals surface area contributed by atoms with Crippen molar-refractivity contribution in [2.75, 3.05) is 13.7 Å². The molecule has 1 rings (SSSR count). The summed E-state index contributed by atoms with van der Waals surface area (Å²) >= 11 is 5.66. The first-order chi connectivity index (χ1) is 8.81. The predicted molar refractivity (Wildman–Crippen MR) is 69.5 cm³/mol. The molecule has 0 saturated carbocycles. The van der Waals surface area contributed by atoms with Crippen LogP contribution in [-0.4, -0.2) is 43.0 Å². The maximum atomic E-state index is 11.9. The van der Waals surface area contributed by atoms with E-state index >= 15 is 0 Å². The van der Waals surface area contributed by atoms with Crippen LogP contribution in [0.25, 0.3) is 0 Å². The summed E-state index contributed by atoms with van der Waals surface area (Å²) in [5.74, 6) is -0.0992. The van der Waals surface area contributed by atoms with E-state index in [-0.39, 0.29) is 11.6 Å². The van der Waals surface area contributed by atoms with Crippen LogP contribution in [0.3, 0.4) is 0 Å². The number of rotatable bonds is 6. The van der Waals surface area contributed by atoms with E-state index in [1.54, 1.807) is 11.5 Å². The normalized spacial score (nSPS) is 13.3. The summed E-state index contributed by atoms with van der Waals surface area (Å²) in [6.07, 6.45) is 1.43. The van der Waals surface area contributed by atoms with Crippen LogP contribution in [0.5, 0.6) is 0 Å². The van der Waals surface area contributed by atoms with Gasteiger partial charge in [-0.1, -0.05) is 0 Å². The lowest BCUT2D eigenvalue weighted by Gasteiger charge is -2.08. The Morgan fingerprint density at radius 3 is 2.74 bits per heavy atom. The van der Waals surface area contributed by atoms with E-state index in [0.717, 1.165) is 0 Å². The standard InChI is InChI=1S/C10H16ClN3O4S/c1-4-14-6-9(13-7(14)2)19(16,17)12-5-8(11)10(15)18-3/h6,8,12H,4-5H2,1-3H3. The van der Waals surface area contributed by atoms with Gasteiger partial charge in [0.2, 0.25) is 0 Å². The van der Waals surface area contributed by atoms with E-state index < -0.39 is 21.4 Å². The first-order valence-corrected chi connectivity index (χ1v) is 7.49. The van der Waals surface area contributed by atoms with Gasteiger partial charge in [-0.2, -0.15) is 0 Å². The Hall–Kier alpha value is -1.12. The topological polar surface area (TPSA) is 90.3 Å². The summed E-state index contributed by atoms with van der Waals surface area (Å²) in [5, 5.41) is -1.17. The minimum atomic E-state index is -3.78. The molecule has 0 radical (unpaired) electrons. The number of sulfonamides is 1. The quantitative estimate of drug-likeness (QED) is 0.602. The number of carbonyl (C=O) groups excluding carboxylic acids is 1. The zero-order chi connectivity index (χ0) is 14.6. The zero-order valence-corrected chi connectivity index (χ0v) is 12.5. The minimum absolute atomic E-state index is 0.0967. The maximum Gasteiger partial charge on any atom is 0.325 e. The average Bonchev–Trinajstić information content (AvgIpc) is 2.77. The van der Waals surface area contributed by atoms with Crippen LogP contribution in [0, 0.1) is 6.92 Å². The molecule has 0 bridgehead atoms. The second-order valence-electron chi connectivity index (χ2n) is 3.75. The Bertz CT molecular complexity index is 555. The molecule has 7 nitrogen and oxygen atoms in total. The van der Waals surface area contributed by atoms with Crippen molar-refractivity contribution in [2.24, 2.45) is 0 Å². The number of nitrogens with zero attached hydrogens (tertiary/aromatic N) is 2. The molecule has 9 heteroatoms. The van der Waals surface area contributed by atoms with Gasteiger partial charge in [0.25, 0.3) is 10.0 Å². The van der Waals surface area contributed by atoms with Gasteiger partial charge < -0.3 is 9.30 Å². The Labute approximate surface area is 117 Å². The van der Waals surface area contributed by atoms with Crippen LogP contribution in [0.1, 0.15) is 12.7 Å². The largest absolute Gasteiger partial charge is 0.468 e. The van der Waals surface area contributed by atoms with Crippen LogP contribution in [0.2, 0.25) is 0 Å². The Morgan fingerprint density at radius 2 is 2.26 bits per heavy atom. The third-order valence-electron chi connectivity index (χ3n) is 2.48. The third kappa shape index (κ3) is 3.92. The number of esters is 1. The molecule has 1 atom stereocenters. The molecule has 0 saturated heterocycles. The summed E-state index contributed by atoms with van der Waals surface area (Å²) in [6, 6.07) is 0. The second kappa shape index (κ2) is 6.36. The van der Waals surface area contributed by atoms with Gasteiger partial charge in [-0.25, -0.2) is 18.1 Å². The molecule has 0 aliphatic heterocycles. The molecule has 1 aromatic rings. The lowest BCUT2D eigenvalue weighted by atomic mass is 10.4. The number of halogens is 1. The van der Waals surface area contributed by atoms with Crippen LogP contribution >= 0.6 is 11.6 Å². The van der Waals surface area contributed by atoms with Crippen molar-refractivity contribution in [3.8, 4) is 0 Å². The van der Waals surface area contributed by atoms with Gasteiger partial charge in [0, 0.05) is 19.3 Å². The van der Waals surface area contributed by atoms with Crippen LogP contribution in [0.15, 0.2) is 11.2 Å². The molecule has 0 amide bonds. The number of methoxy groups -OCH3 is 1. The fourth-order valence-electron chi connectivity index (χ4n) is 1.40. The first kappa shape index (κ1) is 15.9. The monoisotopic (exact) mass is 309 g/mol. The number of aromatic nitrogens is 2. The van der Waals surface area contributed by atoms with E-state index in [2.05, 4.69) is 14.4 Å². The van der Waals surface area contributed by atoms with E-state index in [1.165, 1.54) is 13.3 Å². The molecule has 1 aromatic heterocycles. The highest BCUT2D eigenvalue weighted by Crippen LogP contribution is 2.09. The highest BCUT2D eigenvalue weighted by molar-refractivity contribution is 7.89. The molecule has 1 heterocycles. The number of hydrogen-bond donors (Lipinski definition) is 1. The Balaban J connectivity index is 2.78. The average molecular weight is 310 g/mol. The number of hydrogen-bond acceptors (Lipinski definition) is 5. The summed E-state index contributed by atoms with van der Waals surface area (Å²) in [6.45, 7) is 3.95. The molecule has 0 fully saturated rings. The number of aryl methyl sites for hydroxylation is 2. The van der Waals surface area contributed by atoms with Crippen molar-refractivity contribution in [3.05, 3.63) is 12.0 Å². The number of nitrogens with one attached hydrogen (secondary N) is 1. The maximum absolute atomic E-state index is 11.9. The minimum Gasteiger partial charge on any atom is -0.468 e. The molecule has 1 N–H and O–H groups in total. The zero-order valence-electron chi connectivity index (χ0n) is 10.9. The van der Waals surface area contributed by atoms with E-state index in [1.807, 2.05) is 6.92 Å². The highest BCUT2D eigenvalue weighted by Gasteiger charge is 2.23. The molecule has 108 valence electrons. The number of carbonyl (C=O) groups is 1. The van der Waals surface area contributed by atoms with Crippen LogP contribution < -0.4 is 4.72 Å². The fraction of sp³-hybridized carbons (Fsp3) is 0.600. The SMILES string of the molecule is CCn1cc(S(=O)(=O)NCC(Cl)C(=O)OC)nc1C. The van der Waals surface area contributed by atoms with E-state index in [9.17, 15) is 13.2 Å². The molecule has 19 heavy (non-hydrogen) atoms. The summed E-state index contributed by atoms with van der Waals surface area (Å²) in [5.41, 5.74) is 0. The lowest BCUT2D eigenvalue weighted by Crippen LogP contribution is -2.34. The number of ether oxygens (including phenoxy) is 1. The molecule has 0 aliphatic rings. The van der Waals surface area contributed by atoms with Crippen molar-refractivity contribution in [2.45, 2.75) is 30.8 Å². The second-order valence-corrected chi connectivity index (χ2v) is 6.00. The Morgan fingerprint density at radius 1 is 1.63 bits per heavy atom. The highest BCUT2D eigenvalue weighted by atomic mass is 35.5. The molecule has 0 spiro atoms. The van der Waals surface area contributed by atoms with Crippen molar-refractivity contribution in [1.29, 1.82) is 0 Å². The van der Waals surface area contributed by atoms with Gasteiger partial charge in [0.1, 0.15) is 11.2 Å². The summed E-state index contributed by atoms with van der Waals surface area (Å²) < 4.78 is 32.2. The van der Waals surface area contributed by atoms with Gasteiger partial charge >= 0.3 is 5.97 Å². The summed E-state index contributed by atoms with van der Waals surface area (Å²) in [4.78, 5) is 15.0. The van der Waals surface area contributed by atoms with Crippen molar-refractivity contribution < 1.29 is 17.9 Å². The van der Waals surface area contributed by atoms with E-state index in [4.69, 9.17) is 11.6 Å². The smallest absolute Gasteiger partial charge is 0.325 e. The van der Waals surface area contributed by atoms with Gasteiger partial charge in [0.05, 0.1) is 7.11 Å². The Kier molecular flexibility index (Phi) is 5.33. The van der Waals surface area contributed by atoms with Gasteiger partial charge in [-0.3, -0.25) is 4.79 Å². The van der Waals surface area contributed by atoms with Crippen LogP contribution in [0.4, 0.5) is 0 Å². The van der Waals surface area contributed by atoms with Crippen molar-refractivity contribution >= 4 is 27.6 Å². The molecule has 0 aromatic carbocycles. The van der Waals surface area contributed by atoms with Gasteiger partial charge in [-0.05, 0) is 13.8 Å². The number of alkyl halides is 1. The lowest BCUT2D eigenvalue weighted by molar-refractivity contribution is -0.140. The van der Waals surface area contributed by atoms with Crippen molar-refractivity contribution in [1.82, 2.24) is 14.3 Å². The van der Waals surface area contributed by atoms with Gasteiger partial charge in [0.15, 0.2) is 5.03 Å². The number of imidazole rings is 1. The van der Waals surface area contributed by atoms with Crippen molar-refractivity contribution in [3.63, 3.8) is 0 Å².